The summed E-state index contributed by atoms with van der Waals surface area (Å²) in [5, 5.41) is 10.1. The lowest BCUT2D eigenvalue weighted by Gasteiger charge is -2.29. The Morgan fingerprint density at radius 2 is 1.13 bits per heavy atom. The molecule has 1 heterocycles. The van der Waals surface area contributed by atoms with Gasteiger partial charge in [-0.3, -0.25) is 0 Å². The van der Waals surface area contributed by atoms with Gasteiger partial charge in [0.25, 0.3) is 0 Å². The van der Waals surface area contributed by atoms with Crippen molar-refractivity contribution in [2.24, 2.45) is 0 Å². The third kappa shape index (κ3) is 18.0. The molecule has 1 fully saturated rings. The highest BCUT2D eigenvalue weighted by molar-refractivity contribution is 4.57. The second kappa shape index (κ2) is 20.5. The lowest BCUT2D eigenvalue weighted by molar-refractivity contribution is -0.897. The summed E-state index contributed by atoms with van der Waals surface area (Å²) in [6.07, 6.45) is 26.9. The minimum atomic E-state index is -0.268. The van der Waals surface area contributed by atoms with Gasteiger partial charge in [0.15, 0.2) is 0 Å². The second-order valence-corrected chi connectivity index (χ2v) is 10.7. The van der Waals surface area contributed by atoms with Crippen molar-refractivity contribution in [1.82, 2.24) is 0 Å². The molecule has 1 atom stereocenters. The van der Waals surface area contributed by atoms with Gasteiger partial charge in [0.05, 0.1) is 39.4 Å². The molecule has 1 unspecified atom stereocenters. The van der Waals surface area contributed by atoms with Crippen LogP contribution in [0.3, 0.4) is 0 Å². The van der Waals surface area contributed by atoms with E-state index in [-0.39, 0.29) is 6.10 Å². The first kappa shape index (κ1) is 28.9. The van der Waals surface area contributed by atoms with E-state index in [4.69, 9.17) is 4.74 Å². The van der Waals surface area contributed by atoms with Gasteiger partial charge in [-0.1, -0.05) is 103 Å². The van der Waals surface area contributed by atoms with Gasteiger partial charge in [0.1, 0.15) is 0 Å². The van der Waals surface area contributed by atoms with Gasteiger partial charge >= 0.3 is 0 Å². The number of likely N-dealkylation sites (tertiary alicyclic amines) is 1. The molecule has 0 aromatic heterocycles. The number of aliphatic hydroxyl groups excluding tert-OH is 1. The molecular weight excluding hydrogens is 382 g/mol. The number of rotatable bonds is 23. The predicted octanol–water partition coefficient (Wildman–Crippen LogP) is 7.65. The summed E-state index contributed by atoms with van der Waals surface area (Å²) in [5.41, 5.74) is 0. The van der Waals surface area contributed by atoms with Gasteiger partial charge in [-0.15, -0.1) is 0 Å². The Labute approximate surface area is 195 Å². The first-order valence-electron chi connectivity index (χ1n) is 14.3. The molecule has 31 heavy (non-hydrogen) atoms. The first-order chi connectivity index (χ1) is 15.2. The van der Waals surface area contributed by atoms with Crippen molar-refractivity contribution in [3.05, 3.63) is 0 Å². The quantitative estimate of drug-likeness (QED) is 0.131. The molecule has 0 aliphatic carbocycles. The molecule has 3 heteroatoms. The van der Waals surface area contributed by atoms with E-state index in [1.165, 1.54) is 133 Å². The maximum absolute atomic E-state index is 10.1. The van der Waals surface area contributed by atoms with E-state index in [0.29, 0.717) is 6.61 Å². The molecule has 0 saturated carbocycles. The highest BCUT2D eigenvalue weighted by atomic mass is 16.5. The minimum Gasteiger partial charge on any atom is -0.391 e. The zero-order chi connectivity index (χ0) is 22.5. The van der Waals surface area contributed by atoms with Crippen LogP contribution in [0.1, 0.15) is 135 Å². The summed E-state index contributed by atoms with van der Waals surface area (Å²) in [7, 11) is 2.37. The van der Waals surface area contributed by atoms with Crippen LogP contribution < -0.4 is 0 Å². The second-order valence-electron chi connectivity index (χ2n) is 10.7. The van der Waals surface area contributed by atoms with Crippen LogP contribution in [0.25, 0.3) is 0 Å². The number of aliphatic hydroxyl groups is 1. The van der Waals surface area contributed by atoms with Crippen LogP contribution in [0.15, 0.2) is 0 Å². The van der Waals surface area contributed by atoms with E-state index in [9.17, 15) is 5.11 Å². The van der Waals surface area contributed by atoms with Crippen LogP contribution in [-0.2, 0) is 4.74 Å². The fraction of sp³-hybridized carbons (Fsp3) is 1.00. The Balaban J connectivity index is 1.71. The summed E-state index contributed by atoms with van der Waals surface area (Å²) in [6.45, 7) is 7.51. The van der Waals surface area contributed by atoms with Crippen LogP contribution in [0, 0.1) is 0 Å². The molecule has 3 nitrogen and oxygen atoms in total. The van der Waals surface area contributed by atoms with E-state index in [0.717, 1.165) is 25.9 Å². The molecule has 0 radical (unpaired) electrons. The van der Waals surface area contributed by atoms with E-state index >= 15 is 0 Å². The number of quaternary nitrogens is 1. The fourth-order valence-electron chi connectivity index (χ4n) is 5.09. The SMILES string of the molecule is CCCCCCCCCCCCCCCCCCOCC(O)CCC[N+]1(C)CCCC1. The van der Waals surface area contributed by atoms with Crippen LogP contribution >= 0.6 is 0 Å². The van der Waals surface area contributed by atoms with Crippen molar-refractivity contribution in [2.45, 2.75) is 141 Å². The molecule has 1 aliphatic rings. The van der Waals surface area contributed by atoms with Gasteiger partial charge < -0.3 is 14.3 Å². The molecule has 186 valence electrons. The predicted molar refractivity (Wildman–Crippen MR) is 136 cm³/mol. The summed E-state index contributed by atoms with van der Waals surface area (Å²) in [4.78, 5) is 0. The largest absolute Gasteiger partial charge is 0.391 e. The van der Waals surface area contributed by atoms with Crippen LogP contribution in [0.4, 0.5) is 0 Å². The summed E-state index contributed by atoms with van der Waals surface area (Å²) < 4.78 is 6.92. The van der Waals surface area contributed by atoms with Gasteiger partial charge in [-0.2, -0.15) is 0 Å². The van der Waals surface area contributed by atoms with Gasteiger partial charge in [-0.05, 0) is 19.3 Å². The third-order valence-electron chi connectivity index (χ3n) is 7.33. The van der Waals surface area contributed by atoms with E-state index in [1.807, 2.05) is 0 Å². The summed E-state index contributed by atoms with van der Waals surface area (Å²) in [5.74, 6) is 0. The first-order valence-corrected chi connectivity index (χ1v) is 14.3. The molecule has 0 aromatic carbocycles. The lowest BCUT2D eigenvalue weighted by atomic mass is 10.0. The standard InChI is InChI=1S/C28H58NO2/c1-3-4-5-6-7-8-9-10-11-12-13-14-15-16-17-20-26-31-27-28(30)22-21-25-29(2)23-18-19-24-29/h28,30H,3-27H2,1-2H3/q+1. The zero-order valence-electron chi connectivity index (χ0n) is 21.6. The molecule has 0 aromatic rings. The van der Waals surface area contributed by atoms with E-state index < -0.39 is 0 Å². The normalized spacial score (nSPS) is 16.7. The lowest BCUT2D eigenvalue weighted by Crippen LogP contribution is -2.41. The van der Waals surface area contributed by atoms with Crippen LogP contribution in [0.2, 0.25) is 0 Å². The Kier molecular flexibility index (Phi) is 19.1. The average molecular weight is 441 g/mol. The van der Waals surface area contributed by atoms with Crippen molar-refractivity contribution >= 4 is 0 Å². The van der Waals surface area contributed by atoms with Crippen molar-refractivity contribution in [2.75, 3.05) is 39.9 Å². The molecule has 1 saturated heterocycles. The third-order valence-corrected chi connectivity index (χ3v) is 7.33. The van der Waals surface area contributed by atoms with Crippen molar-refractivity contribution in [3.8, 4) is 0 Å². The van der Waals surface area contributed by atoms with Crippen LogP contribution in [-0.4, -0.2) is 55.6 Å². The average Bonchev–Trinajstić information content (AvgIpc) is 3.19. The molecule has 0 amide bonds. The highest BCUT2D eigenvalue weighted by Crippen LogP contribution is 2.18. The van der Waals surface area contributed by atoms with Crippen molar-refractivity contribution in [1.29, 1.82) is 0 Å². The molecule has 1 rings (SSSR count). The molecule has 1 N–H and O–H groups in total. The Bertz CT molecular complexity index is 368. The fourth-order valence-corrected chi connectivity index (χ4v) is 5.09. The molecule has 1 aliphatic heterocycles. The number of nitrogens with zero attached hydrogens (tertiary/aromatic N) is 1. The Morgan fingerprint density at radius 3 is 1.61 bits per heavy atom. The maximum atomic E-state index is 10.1. The summed E-state index contributed by atoms with van der Waals surface area (Å²) >= 11 is 0. The minimum absolute atomic E-state index is 0.268. The number of unbranched alkanes of at least 4 members (excludes halogenated alkanes) is 15. The van der Waals surface area contributed by atoms with E-state index in [2.05, 4.69) is 14.0 Å². The number of ether oxygens (including phenoxy) is 1. The van der Waals surface area contributed by atoms with Crippen molar-refractivity contribution in [3.63, 3.8) is 0 Å². The highest BCUT2D eigenvalue weighted by Gasteiger charge is 2.26. The topological polar surface area (TPSA) is 29.5 Å². The Morgan fingerprint density at radius 1 is 0.677 bits per heavy atom. The smallest absolute Gasteiger partial charge is 0.0786 e. The van der Waals surface area contributed by atoms with Gasteiger partial charge in [0.2, 0.25) is 0 Å². The van der Waals surface area contributed by atoms with Gasteiger partial charge in [-0.25, -0.2) is 0 Å². The molecule has 0 spiro atoms. The van der Waals surface area contributed by atoms with Crippen LogP contribution in [0.5, 0.6) is 0 Å². The number of hydrogen-bond donors (Lipinski definition) is 1. The van der Waals surface area contributed by atoms with E-state index in [1.54, 1.807) is 0 Å². The zero-order valence-corrected chi connectivity index (χ0v) is 21.6. The monoisotopic (exact) mass is 440 g/mol. The maximum Gasteiger partial charge on any atom is 0.0786 e. The van der Waals surface area contributed by atoms with Gasteiger partial charge in [0, 0.05) is 19.4 Å². The number of hydrogen-bond acceptors (Lipinski definition) is 2. The molecular formula is C28H58NO2+. The Hall–Kier alpha value is -0.120. The van der Waals surface area contributed by atoms with Crippen molar-refractivity contribution < 1.29 is 14.3 Å². The molecule has 0 bridgehead atoms. The summed E-state index contributed by atoms with van der Waals surface area (Å²) in [6, 6.07) is 0.